The second-order valence-corrected chi connectivity index (χ2v) is 28.0. The molecule has 2 aromatic rings. The van der Waals surface area contributed by atoms with Gasteiger partial charge in [-0.05, 0) is 71.9 Å². The maximum absolute atomic E-state index is 13.6. The maximum Gasteiger partial charge on any atom is 0.348 e. The van der Waals surface area contributed by atoms with Crippen molar-refractivity contribution in [3.63, 3.8) is 0 Å². The molecule has 0 radical (unpaired) electrons. The van der Waals surface area contributed by atoms with Crippen LogP contribution in [-0.2, 0) is 47.8 Å². The Morgan fingerprint density at radius 1 is 0.662 bits per heavy atom. The number of amides is 2. The number of sulfonamides is 2. The Kier molecular flexibility index (Phi) is 13.7. The summed E-state index contributed by atoms with van der Waals surface area (Å²) in [7, 11) is -12.4. The molecule has 6 aliphatic rings. The van der Waals surface area contributed by atoms with Gasteiger partial charge in [-0.2, -0.15) is 9.53 Å². The lowest BCUT2D eigenvalue weighted by Crippen LogP contribution is -2.44. The summed E-state index contributed by atoms with van der Waals surface area (Å²) in [6.45, 7) is 12.8. The third-order valence-corrected chi connectivity index (χ3v) is 17.4. The van der Waals surface area contributed by atoms with Crippen LogP contribution in [0.1, 0.15) is 80.1 Å². The maximum atomic E-state index is 13.6. The van der Waals surface area contributed by atoms with E-state index in [-0.39, 0.29) is 68.1 Å². The number of carbonyl (C=O) groups is 2. The molecule has 6 N–H and O–H groups in total. The second kappa shape index (κ2) is 18.2. The summed E-state index contributed by atoms with van der Waals surface area (Å²) >= 11 is 0. The Morgan fingerprint density at radius 2 is 1.00 bits per heavy atom. The van der Waals surface area contributed by atoms with Crippen molar-refractivity contribution in [1.82, 2.24) is 9.80 Å². The Hall–Kier alpha value is -4.72. The lowest BCUT2D eigenvalue weighted by molar-refractivity contribution is -0.129. The van der Waals surface area contributed by atoms with E-state index < -0.39 is 58.0 Å². The van der Waals surface area contributed by atoms with Gasteiger partial charge in [0.2, 0.25) is 20.0 Å². The quantitative estimate of drug-likeness (QED) is 0.111. The highest BCUT2D eigenvalue weighted by molar-refractivity contribution is 7.92. The Bertz CT molecular complexity index is 2690. The molecule has 2 amide bonds. The number of nitrogens with zero attached hydrogens (tertiary/aromatic N) is 4. The molecule has 2 aromatic carbocycles. The van der Waals surface area contributed by atoms with Gasteiger partial charge in [0.15, 0.2) is 11.7 Å². The normalized spacial score (nSPS) is 25.2. The number of hydrogen-bond donors (Lipinski definition) is 6. The van der Waals surface area contributed by atoms with E-state index in [2.05, 4.69) is 29.6 Å². The Balaban J connectivity index is 0.000000201. The van der Waals surface area contributed by atoms with Crippen molar-refractivity contribution in [2.24, 2.45) is 32.2 Å². The average molecular weight is 1020 g/mol. The van der Waals surface area contributed by atoms with Crippen LogP contribution in [0.25, 0.3) is 0 Å². The van der Waals surface area contributed by atoms with E-state index in [1.165, 1.54) is 50.6 Å². The third kappa shape index (κ3) is 10.8. The SMILES string of the molecule is COP1(=O)N=C(C2=C(O)C(C(C)(C)C)N(CCC3CC3)C2=O)Nc2ccc(NS(C)(=O)=O)cc21.COP1(=O)N=C(C2=C(O)C(C(C)(C)C)N(CCC3CC3)C2=O)Nc2ccc(NS(C)(=O)=O)cc21. The van der Waals surface area contributed by atoms with E-state index >= 15 is 0 Å². The van der Waals surface area contributed by atoms with Gasteiger partial charge in [0, 0.05) is 38.7 Å². The number of hydrogen-bond acceptors (Lipinski definition) is 14. The van der Waals surface area contributed by atoms with Crippen LogP contribution in [0, 0.1) is 22.7 Å². The van der Waals surface area contributed by atoms with Gasteiger partial charge in [-0.1, -0.05) is 67.2 Å². The monoisotopic (exact) mass is 1020 g/mol. The molecule has 372 valence electrons. The molecule has 4 aliphatic heterocycles. The standard InChI is InChI=1S/2C22H31N4O6PS/c2*1-22(2,3)19-18(27)17(21(28)26(19)11-10-13-6-7-13)20-23-15-9-8-14(25-34(5,30)31)12-16(15)33(29,24-20)32-4/h2*8-9,12-13,19,25,27H,6-7,10-11H2,1-5H3,(H,23,24,29). The van der Waals surface area contributed by atoms with E-state index in [4.69, 9.17) is 9.05 Å². The predicted molar refractivity (Wildman–Crippen MR) is 264 cm³/mol. The number of amidine groups is 2. The summed E-state index contributed by atoms with van der Waals surface area (Å²) in [6, 6.07) is 7.77. The molecule has 68 heavy (non-hydrogen) atoms. The number of rotatable bonds is 14. The zero-order valence-electron chi connectivity index (χ0n) is 39.9. The molecule has 4 atom stereocenters. The molecular weight excluding hydrogens is 959 g/mol. The van der Waals surface area contributed by atoms with Gasteiger partial charge < -0.3 is 39.7 Å². The zero-order valence-corrected chi connectivity index (χ0v) is 43.3. The molecule has 24 heteroatoms. The zero-order chi connectivity index (χ0) is 50.1. The third-order valence-electron chi connectivity index (χ3n) is 12.3. The van der Waals surface area contributed by atoms with Gasteiger partial charge in [-0.25, -0.2) is 16.8 Å². The molecular formula is C44H62N8O12P2S2. The highest BCUT2D eigenvalue weighted by atomic mass is 32.2. The van der Waals surface area contributed by atoms with Gasteiger partial charge in [-0.15, -0.1) is 0 Å². The molecule has 20 nitrogen and oxygen atoms in total. The number of nitrogens with one attached hydrogen (secondary N) is 4. The second-order valence-electron chi connectivity index (χ2n) is 20.3. The van der Waals surface area contributed by atoms with Gasteiger partial charge in [0.25, 0.3) is 11.8 Å². The first-order valence-electron chi connectivity index (χ1n) is 22.3. The summed E-state index contributed by atoms with van der Waals surface area (Å²) < 4.78 is 97.5. The van der Waals surface area contributed by atoms with Crippen LogP contribution in [0.3, 0.4) is 0 Å². The van der Waals surface area contributed by atoms with E-state index in [9.17, 15) is 45.8 Å². The molecule has 4 unspecified atom stereocenters. The summed E-state index contributed by atoms with van der Waals surface area (Å²) in [5.74, 6) is 0.220. The van der Waals surface area contributed by atoms with Crippen molar-refractivity contribution < 1.29 is 54.8 Å². The lowest BCUT2D eigenvalue weighted by Gasteiger charge is -2.35. The molecule has 4 heterocycles. The minimum Gasteiger partial charge on any atom is -0.509 e. The molecule has 8 rings (SSSR count). The first-order valence-corrected chi connectivity index (χ1v) is 29.2. The predicted octanol–water partition coefficient (Wildman–Crippen LogP) is 6.43. The van der Waals surface area contributed by atoms with Crippen LogP contribution >= 0.6 is 15.0 Å². The van der Waals surface area contributed by atoms with Crippen molar-refractivity contribution in [1.29, 1.82) is 0 Å². The van der Waals surface area contributed by atoms with Crippen molar-refractivity contribution >= 4 is 91.9 Å². The fourth-order valence-electron chi connectivity index (χ4n) is 8.90. The molecule has 2 fully saturated rings. The van der Waals surface area contributed by atoms with Crippen LogP contribution in [0.4, 0.5) is 22.7 Å². The fraction of sp³-hybridized carbons (Fsp3) is 0.545. The molecule has 0 spiro atoms. The van der Waals surface area contributed by atoms with Crippen LogP contribution < -0.4 is 30.7 Å². The van der Waals surface area contributed by atoms with Crippen molar-refractivity contribution in [3.8, 4) is 0 Å². The van der Waals surface area contributed by atoms with E-state index in [0.717, 1.165) is 51.0 Å². The molecule has 0 saturated heterocycles. The van der Waals surface area contributed by atoms with Gasteiger partial charge in [0.1, 0.15) is 22.7 Å². The first-order chi connectivity index (χ1) is 31.5. The Labute approximate surface area is 398 Å². The van der Waals surface area contributed by atoms with Crippen molar-refractivity contribution in [3.05, 3.63) is 59.1 Å². The molecule has 2 saturated carbocycles. The first kappa shape index (κ1) is 51.1. The number of benzene rings is 2. The minimum atomic E-state index is -3.86. The number of aliphatic hydroxyl groups is 2. The summed E-state index contributed by atoms with van der Waals surface area (Å²) in [5, 5.41) is 28.8. The largest absolute Gasteiger partial charge is 0.509 e. The van der Waals surface area contributed by atoms with E-state index in [0.29, 0.717) is 36.3 Å². The topological polar surface area (TPSA) is 275 Å². The number of anilines is 4. The number of fused-ring (bicyclic) bond motifs is 2. The number of carbonyl (C=O) groups excluding carboxylic acids is 2. The molecule has 0 bridgehead atoms. The van der Waals surface area contributed by atoms with Gasteiger partial charge in [0.05, 0.1) is 46.6 Å². The van der Waals surface area contributed by atoms with Crippen molar-refractivity contribution in [2.45, 2.75) is 92.2 Å². The Morgan fingerprint density at radius 3 is 1.28 bits per heavy atom. The van der Waals surface area contributed by atoms with E-state index in [1.54, 1.807) is 9.80 Å². The molecule has 2 aliphatic carbocycles. The summed E-state index contributed by atoms with van der Waals surface area (Å²) in [6.07, 6.45) is 8.40. The van der Waals surface area contributed by atoms with Gasteiger partial charge >= 0.3 is 15.0 Å². The molecule has 0 aromatic heterocycles. The fourth-order valence-corrected chi connectivity index (χ4v) is 13.1. The summed E-state index contributed by atoms with van der Waals surface area (Å²) in [5.41, 5.74) is 0.213. The summed E-state index contributed by atoms with van der Waals surface area (Å²) in [4.78, 5) is 30.4. The number of aliphatic hydroxyl groups excluding tert-OH is 2. The minimum absolute atomic E-state index is 0.0167. The lowest BCUT2D eigenvalue weighted by atomic mass is 9.85. The van der Waals surface area contributed by atoms with Crippen molar-refractivity contribution in [2.75, 3.05) is 59.9 Å². The average Bonchev–Trinajstić information content (AvgIpc) is 4.16. The van der Waals surface area contributed by atoms with Crippen LogP contribution in [0.2, 0.25) is 0 Å². The van der Waals surface area contributed by atoms with Crippen LogP contribution in [-0.4, -0.2) is 112 Å². The van der Waals surface area contributed by atoms with Gasteiger partial charge in [-0.3, -0.25) is 28.2 Å². The van der Waals surface area contributed by atoms with Crippen LogP contribution in [0.15, 0.2) is 68.6 Å². The van der Waals surface area contributed by atoms with Crippen LogP contribution in [0.5, 0.6) is 0 Å². The smallest absolute Gasteiger partial charge is 0.348 e. The highest BCUT2D eigenvalue weighted by Gasteiger charge is 2.50. The highest BCUT2D eigenvalue weighted by Crippen LogP contribution is 2.54. The van der Waals surface area contributed by atoms with E-state index in [1.807, 2.05) is 41.5 Å².